The van der Waals surface area contributed by atoms with E-state index in [1.165, 1.54) is 16.8 Å². The summed E-state index contributed by atoms with van der Waals surface area (Å²) in [5, 5.41) is 13.8. The van der Waals surface area contributed by atoms with Gasteiger partial charge in [0.25, 0.3) is 11.2 Å². The van der Waals surface area contributed by atoms with Crippen LogP contribution in [0, 0.1) is 16.0 Å². The first-order valence-electron chi connectivity index (χ1n) is 6.14. The minimum Gasteiger partial charge on any atom is -0.294 e. The van der Waals surface area contributed by atoms with E-state index in [1.54, 1.807) is 12.1 Å². The lowest BCUT2D eigenvalue weighted by Crippen LogP contribution is -2.14. The number of rotatable bonds is 4. The van der Waals surface area contributed by atoms with Crippen LogP contribution < -0.4 is 5.56 Å². The molecule has 1 N–H and O–H groups in total. The first-order chi connectivity index (χ1) is 9.40. The van der Waals surface area contributed by atoms with E-state index in [0.29, 0.717) is 16.1 Å². The Bertz CT molecular complexity index is 703. The van der Waals surface area contributed by atoms with E-state index in [9.17, 15) is 14.9 Å². The van der Waals surface area contributed by atoms with Gasteiger partial charge in [-0.2, -0.15) is 0 Å². The number of non-ortho nitro benzene ring substituents is 1. The maximum Gasteiger partial charge on any atom is 0.285 e. The van der Waals surface area contributed by atoms with Crippen LogP contribution >= 0.6 is 15.9 Å². The third-order valence-electron chi connectivity index (χ3n) is 2.81. The molecule has 0 radical (unpaired) electrons. The average Bonchev–Trinajstić information content (AvgIpc) is 2.67. The molecule has 0 bridgehead atoms. The van der Waals surface area contributed by atoms with E-state index in [2.05, 4.69) is 34.9 Å². The lowest BCUT2D eigenvalue weighted by atomic mass is 10.1. The van der Waals surface area contributed by atoms with Gasteiger partial charge in [0.1, 0.15) is 4.47 Å². The second-order valence-electron chi connectivity index (χ2n) is 4.92. The van der Waals surface area contributed by atoms with Gasteiger partial charge >= 0.3 is 0 Å². The van der Waals surface area contributed by atoms with E-state index in [0.717, 1.165) is 12.1 Å². The predicted molar refractivity (Wildman–Crippen MR) is 79.3 cm³/mol. The molecule has 7 heteroatoms. The molecular weight excluding hydrogens is 326 g/mol. The molecule has 0 unspecified atom stereocenters. The fraction of sp³-hybridized carbons (Fsp3) is 0.308. The van der Waals surface area contributed by atoms with Crippen LogP contribution in [0.2, 0.25) is 0 Å². The molecule has 0 amide bonds. The monoisotopic (exact) mass is 339 g/mol. The highest BCUT2D eigenvalue weighted by Crippen LogP contribution is 2.19. The van der Waals surface area contributed by atoms with Crippen molar-refractivity contribution < 1.29 is 4.92 Å². The van der Waals surface area contributed by atoms with Gasteiger partial charge < -0.3 is 0 Å². The Balaban J connectivity index is 2.50. The van der Waals surface area contributed by atoms with E-state index in [-0.39, 0.29) is 11.2 Å². The molecule has 2 aromatic rings. The highest BCUT2D eigenvalue weighted by Gasteiger charge is 2.15. The zero-order valence-electron chi connectivity index (χ0n) is 11.1. The third-order valence-corrected chi connectivity index (χ3v) is 3.63. The second-order valence-corrected chi connectivity index (χ2v) is 5.71. The first kappa shape index (κ1) is 14.5. The molecule has 0 spiro atoms. The molecular formula is C13H14BrN3O3. The van der Waals surface area contributed by atoms with Gasteiger partial charge in [0.05, 0.1) is 16.3 Å². The highest BCUT2D eigenvalue weighted by molar-refractivity contribution is 9.10. The van der Waals surface area contributed by atoms with Crippen molar-refractivity contribution in [1.29, 1.82) is 0 Å². The summed E-state index contributed by atoms with van der Waals surface area (Å²) in [6.07, 6.45) is 0.720. The SMILES string of the molecule is CC(C)Cc1[nH]n(-c2cccc([N+](=O)[O-])c2)c(=O)c1Br. The van der Waals surface area contributed by atoms with E-state index >= 15 is 0 Å². The van der Waals surface area contributed by atoms with Crippen LogP contribution in [-0.4, -0.2) is 14.7 Å². The molecule has 106 valence electrons. The summed E-state index contributed by atoms with van der Waals surface area (Å²) in [5.74, 6) is 0.392. The second kappa shape index (κ2) is 5.62. The molecule has 20 heavy (non-hydrogen) atoms. The van der Waals surface area contributed by atoms with Gasteiger partial charge in [-0.25, -0.2) is 4.68 Å². The lowest BCUT2D eigenvalue weighted by molar-refractivity contribution is -0.384. The topological polar surface area (TPSA) is 80.9 Å². The number of aromatic nitrogens is 2. The van der Waals surface area contributed by atoms with Gasteiger partial charge in [-0.3, -0.25) is 20.0 Å². The minimum absolute atomic E-state index is 0.0504. The van der Waals surface area contributed by atoms with Crippen LogP contribution in [0.25, 0.3) is 5.69 Å². The molecule has 1 aromatic carbocycles. The Morgan fingerprint density at radius 1 is 1.45 bits per heavy atom. The lowest BCUT2D eigenvalue weighted by Gasteiger charge is -2.03. The quantitative estimate of drug-likeness (QED) is 0.686. The average molecular weight is 340 g/mol. The Labute approximate surface area is 123 Å². The Kier molecular flexibility index (Phi) is 4.08. The number of benzene rings is 1. The van der Waals surface area contributed by atoms with Gasteiger partial charge in [0.15, 0.2) is 0 Å². The van der Waals surface area contributed by atoms with Crippen molar-refractivity contribution in [3.8, 4) is 5.69 Å². The molecule has 0 atom stereocenters. The zero-order chi connectivity index (χ0) is 14.9. The number of hydrogen-bond acceptors (Lipinski definition) is 3. The van der Waals surface area contributed by atoms with Crippen molar-refractivity contribution in [2.75, 3.05) is 0 Å². The van der Waals surface area contributed by atoms with Gasteiger partial charge in [-0.15, -0.1) is 0 Å². The molecule has 2 rings (SSSR count). The summed E-state index contributed by atoms with van der Waals surface area (Å²) < 4.78 is 1.78. The number of H-pyrrole nitrogens is 1. The summed E-state index contributed by atoms with van der Waals surface area (Å²) in [5.41, 5.74) is 0.933. The molecule has 0 saturated carbocycles. The van der Waals surface area contributed by atoms with Crippen molar-refractivity contribution >= 4 is 21.6 Å². The van der Waals surface area contributed by atoms with Crippen LogP contribution in [0.3, 0.4) is 0 Å². The van der Waals surface area contributed by atoms with Gasteiger partial charge in [-0.1, -0.05) is 19.9 Å². The number of hydrogen-bond donors (Lipinski definition) is 1. The van der Waals surface area contributed by atoms with Crippen molar-refractivity contribution in [2.24, 2.45) is 5.92 Å². The standard InChI is InChI=1S/C13H14BrN3O3/c1-8(2)6-11-12(14)13(18)16(15-11)9-4-3-5-10(7-9)17(19)20/h3-5,7-8,15H,6H2,1-2H3. The molecule has 0 aliphatic rings. The van der Waals surface area contributed by atoms with E-state index in [4.69, 9.17) is 0 Å². The summed E-state index contributed by atoms with van der Waals surface area (Å²) in [7, 11) is 0. The number of halogens is 1. The van der Waals surface area contributed by atoms with Gasteiger partial charge in [-0.05, 0) is 34.3 Å². The Morgan fingerprint density at radius 2 is 2.15 bits per heavy atom. The largest absolute Gasteiger partial charge is 0.294 e. The maximum atomic E-state index is 12.2. The van der Waals surface area contributed by atoms with Gasteiger partial charge in [0, 0.05) is 12.1 Å². The normalized spacial score (nSPS) is 11.0. The number of nitro benzene ring substituents is 1. The minimum atomic E-state index is -0.485. The summed E-state index contributed by atoms with van der Waals surface area (Å²) >= 11 is 3.28. The van der Waals surface area contributed by atoms with Crippen LogP contribution in [0.15, 0.2) is 33.5 Å². The molecule has 0 fully saturated rings. The molecule has 0 saturated heterocycles. The fourth-order valence-electron chi connectivity index (χ4n) is 1.93. The predicted octanol–water partition coefficient (Wildman–Crippen LogP) is 3.03. The van der Waals surface area contributed by atoms with E-state index < -0.39 is 4.92 Å². The van der Waals surface area contributed by atoms with Crippen molar-refractivity contribution in [3.63, 3.8) is 0 Å². The molecule has 0 aliphatic heterocycles. The summed E-state index contributed by atoms with van der Waals surface area (Å²) in [6.45, 7) is 4.10. The fourth-order valence-corrected chi connectivity index (χ4v) is 2.36. The summed E-state index contributed by atoms with van der Waals surface area (Å²) in [4.78, 5) is 22.5. The van der Waals surface area contributed by atoms with Crippen LogP contribution in [0.5, 0.6) is 0 Å². The number of nitrogens with zero attached hydrogens (tertiary/aromatic N) is 2. The van der Waals surface area contributed by atoms with Crippen molar-refractivity contribution in [3.05, 3.63) is 54.9 Å². The molecule has 0 aliphatic carbocycles. The van der Waals surface area contributed by atoms with Crippen molar-refractivity contribution in [1.82, 2.24) is 9.78 Å². The third kappa shape index (κ3) is 2.82. The van der Waals surface area contributed by atoms with Gasteiger partial charge in [0.2, 0.25) is 0 Å². The number of nitro groups is 1. The van der Waals surface area contributed by atoms with Crippen molar-refractivity contribution in [2.45, 2.75) is 20.3 Å². The smallest absolute Gasteiger partial charge is 0.285 e. The first-order valence-corrected chi connectivity index (χ1v) is 6.93. The van der Waals surface area contributed by atoms with Crippen LogP contribution in [0.4, 0.5) is 5.69 Å². The Hall–Kier alpha value is -1.89. The summed E-state index contributed by atoms with van der Waals surface area (Å²) in [6, 6.07) is 5.96. The molecule has 1 aromatic heterocycles. The number of aromatic amines is 1. The number of nitrogens with one attached hydrogen (secondary N) is 1. The highest BCUT2D eigenvalue weighted by atomic mass is 79.9. The van der Waals surface area contributed by atoms with Crippen LogP contribution in [0.1, 0.15) is 19.5 Å². The maximum absolute atomic E-state index is 12.2. The van der Waals surface area contributed by atoms with Crippen LogP contribution in [-0.2, 0) is 6.42 Å². The molecule has 1 heterocycles. The molecule has 6 nitrogen and oxygen atoms in total. The zero-order valence-corrected chi connectivity index (χ0v) is 12.7. The Morgan fingerprint density at radius 3 is 2.75 bits per heavy atom. The van der Waals surface area contributed by atoms with E-state index in [1.807, 2.05) is 0 Å².